The molecule has 0 fully saturated rings. The normalized spacial score (nSPS) is 11.4. The van der Waals surface area contributed by atoms with Crippen LogP contribution < -0.4 is 5.63 Å². The molecule has 0 N–H and O–H groups in total. The second-order valence-electron chi connectivity index (χ2n) is 6.56. The predicted molar refractivity (Wildman–Crippen MR) is 113 cm³/mol. The summed E-state index contributed by atoms with van der Waals surface area (Å²) >= 11 is 6.18. The monoisotopic (exact) mass is 405 g/mol. The number of fused-ring (bicyclic) bond motifs is 2. The third-order valence-electron chi connectivity index (χ3n) is 4.49. The highest BCUT2D eigenvalue weighted by Gasteiger charge is 2.10. The highest BCUT2D eigenvalue weighted by molar-refractivity contribution is 6.32. The van der Waals surface area contributed by atoms with Crippen molar-refractivity contribution in [3.05, 3.63) is 92.9 Å². The molecule has 2 aromatic carbocycles. The van der Waals surface area contributed by atoms with Crippen molar-refractivity contribution in [2.75, 3.05) is 0 Å². The van der Waals surface area contributed by atoms with Crippen LogP contribution in [0.2, 0.25) is 5.02 Å². The van der Waals surface area contributed by atoms with E-state index in [9.17, 15) is 9.59 Å². The van der Waals surface area contributed by atoms with Gasteiger partial charge in [-0.25, -0.2) is 14.6 Å². The molecule has 29 heavy (non-hydrogen) atoms. The number of pyridine rings is 1. The first kappa shape index (κ1) is 18.9. The summed E-state index contributed by atoms with van der Waals surface area (Å²) in [4.78, 5) is 28.4. The Balaban J connectivity index is 1.51. The molecule has 2 heterocycles. The molecule has 0 aliphatic heterocycles. The SMILES string of the molecule is Cc1cc2oc(=O)cc(COC(=O)/C=C/c3ccc4ccccc4n3)c2cc1Cl. The third kappa shape index (κ3) is 4.20. The van der Waals surface area contributed by atoms with Gasteiger partial charge in [0.25, 0.3) is 0 Å². The van der Waals surface area contributed by atoms with Crippen molar-refractivity contribution in [1.82, 2.24) is 4.98 Å². The minimum Gasteiger partial charge on any atom is -0.458 e. The molecule has 0 saturated heterocycles. The lowest BCUT2D eigenvalue weighted by molar-refractivity contribution is -0.138. The summed E-state index contributed by atoms with van der Waals surface area (Å²) < 4.78 is 10.5. The number of carbonyl (C=O) groups is 1. The van der Waals surface area contributed by atoms with Crippen LogP contribution in [0.25, 0.3) is 27.9 Å². The van der Waals surface area contributed by atoms with Crippen LogP contribution in [0, 0.1) is 6.92 Å². The van der Waals surface area contributed by atoms with Gasteiger partial charge in [0, 0.05) is 33.5 Å². The summed E-state index contributed by atoms with van der Waals surface area (Å²) in [6, 6.07) is 16.2. The van der Waals surface area contributed by atoms with Crippen LogP contribution in [-0.4, -0.2) is 11.0 Å². The highest BCUT2D eigenvalue weighted by atomic mass is 35.5. The Bertz CT molecular complexity index is 1320. The van der Waals surface area contributed by atoms with Gasteiger partial charge < -0.3 is 9.15 Å². The van der Waals surface area contributed by atoms with Crippen molar-refractivity contribution in [3.63, 3.8) is 0 Å². The number of nitrogens with zero attached hydrogens (tertiary/aromatic N) is 1. The number of hydrogen-bond donors (Lipinski definition) is 0. The van der Waals surface area contributed by atoms with Crippen LogP contribution in [0.5, 0.6) is 0 Å². The van der Waals surface area contributed by atoms with E-state index in [-0.39, 0.29) is 6.61 Å². The van der Waals surface area contributed by atoms with Crippen LogP contribution >= 0.6 is 11.6 Å². The van der Waals surface area contributed by atoms with Gasteiger partial charge in [0.2, 0.25) is 0 Å². The van der Waals surface area contributed by atoms with E-state index in [1.54, 1.807) is 18.2 Å². The molecule has 0 radical (unpaired) electrons. The molecule has 6 heteroatoms. The number of hydrogen-bond acceptors (Lipinski definition) is 5. The van der Waals surface area contributed by atoms with Gasteiger partial charge in [-0.3, -0.25) is 0 Å². The number of ether oxygens (including phenoxy) is 1. The van der Waals surface area contributed by atoms with E-state index in [2.05, 4.69) is 4.98 Å². The molecule has 0 unspecified atom stereocenters. The Morgan fingerprint density at radius 2 is 2.00 bits per heavy atom. The average molecular weight is 406 g/mol. The molecule has 4 rings (SSSR count). The van der Waals surface area contributed by atoms with E-state index < -0.39 is 11.6 Å². The Kier molecular flexibility index (Phi) is 5.14. The fourth-order valence-electron chi connectivity index (χ4n) is 2.99. The van der Waals surface area contributed by atoms with Gasteiger partial charge in [0.05, 0.1) is 11.2 Å². The quantitative estimate of drug-likeness (QED) is 0.269. The second-order valence-corrected chi connectivity index (χ2v) is 6.97. The van der Waals surface area contributed by atoms with Crippen molar-refractivity contribution in [1.29, 1.82) is 0 Å². The van der Waals surface area contributed by atoms with Crippen LogP contribution in [-0.2, 0) is 16.1 Å². The lowest BCUT2D eigenvalue weighted by atomic mass is 10.1. The summed E-state index contributed by atoms with van der Waals surface area (Å²) in [6.07, 6.45) is 2.90. The van der Waals surface area contributed by atoms with Gasteiger partial charge in [-0.2, -0.15) is 0 Å². The lowest BCUT2D eigenvalue weighted by Crippen LogP contribution is -2.06. The molecular weight excluding hydrogens is 390 g/mol. The van der Waals surface area contributed by atoms with Gasteiger partial charge >= 0.3 is 11.6 Å². The largest absolute Gasteiger partial charge is 0.458 e. The zero-order chi connectivity index (χ0) is 20.4. The average Bonchev–Trinajstić information content (AvgIpc) is 2.71. The van der Waals surface area contributed by atoms with E-state index in [1.165, 1.54) is 12.1 Å². The number of benzene rings is 2. The van der Waals surface area contributed by atoms with E-state index in [0.717, 1.165) is 16.5 Å². The van der Waals surface area contributed by atoms with Crippen molar-refractivity contribution >= 4 is 45.5 Å². The van der Waals surface area contributed by atoms with Crippen molar-refractivity contribution in [3.8, 4) is 0 Å². The number of aromatic nitrogens is 1. The zero-order valence-corrected chi connectivity index (χ0v) is 16.3. The van der Waals surface area contributed by atoms with E-state index in [0.29, 0.717) is 27.2 Å². The maximum absolute atomic E-state index is 12.1. The van der Waals surface area contributed by atoms with Crippen molar-refractivity contribution < 1.29 is 13.9 Å². The topological polar surface area (TPSA) is 69.4 Å². The minimum absolute atomic E-state index is 0.0736. The summed E-state index contributed by atoms with van der Waals surface area (Å²) in [7, 11) is 0. The number of rotatable bonds is 4. The third-order valence-corrected chi connectivity index (χ3v) is 4.90. The van der Waals surface area contributed by atoms with Gasteiger partial charge in [-0.1, -0.05) is 35.9 Å². The minimum atomic E-state index is -0.542. The van der Waals surface area contributed by atoms with E-state index in [1.807, 2.05) is 43.3 Å². The number of halogens is 1. The standard InChI is InChI=1S/C23H16ClNO4/c1-14-10-21-18(12-19(14)24)16(11-23(27)29-21)13-28-22(26)9-8-17-7-6-15-4-2-3-5-20(15)25-17/h2-12H,13H2,1H3/b9-8+. The van der Waals surface area contributed by atoms with Crippen LogP contribution in [0.1, 0.15) is 16.8 Å². The zero-order valence-electron chi connectivity index (χ0n) is 15.5. The molecule has 4 aromatic rings. The first-order valence-corrected chi connectivity index (χ1v) is 9.31. The molecule has 0 amide bonds. The number of esters is 1. The maximum atomic E-state index is 12.1. The number of aryl methyl sites for hydroxylation is 1. The molecule has 5 nitrogen and oxygen atoms in total. The smallest absolute Gasteiger partial charge is 0.336 e. The van der Waals surface area contributed by atoms with Crippen LogP contribution in [0.3, 0.4) is 0 Å². The molecule has 0 spiro atoms. The molecular formula is C23H16ClNO4. The highest BCUT2D eigenvalue weighted by Crippen LogP contribution is 2.25. The first-order chi connectivity index (χ1) is 14.0. The predicted octanol–water partition coefficient (Wildman–Crippen LogP) is 5.06. The Morgan fingerprint density at radius 1 is 1.17 bits per heavy atom. The fourth-order valence-corrected chi connectivity index (χ4v) is 3.16. The van der Waals surface area contributed by atoms with Crippen LogP contribution in [0.15, 0.2) is 69.9 Å². The van der Waals surface area contributed by atoms with Crippen LogP contribution in [0.4, 0.5) is 0 Å². The van der Waals surface area contributed by atoms with Gasteiger partial charge in [-0.05, 0) is 42.8 Å². The molecule has 0 saturated carbocycles. The van der Waals surface area contributed by atoms with Gasteiger partial charge in [0.15, 0.2) is 0 Å². The second kappa shape index (κ2) is 7.89. The fraction of sp³-hybridized carbons (Fsp3) is 0.0870. The van der Waals surface area contributed by atoms with Crippen molar-refractivity contribution in [2.45, 2.75) is 13.5 Å². The summed E-state index contributed by atoms with van der Waals surface area (Å²) in [6.45, 7) is 1.75. The Hall–Kier alpha value is -3.44. The number of para-hydroxylation sites is 1. The number of carbonyl (C=O) groups excluding carboxylic acids is 1. The molecule has 0 bridgehead atoms. The molecule has 0 atom stereocenters. The Morgan fingerprint density at radius 3 is 2.86 bits per heavy atom. The summed E-state index contributed by atoms with van der Waals surface area (Å²) in [5, 5.41) is 2.20. The molecule has 0 aliphatic carbocycles. The summed E-state index contributed by atoms with van der Waals surface area (Å²) in [5.74, 6) is -0.542. The summed E-state index contributed by atoms with van der Waals surface area (Å²) in [5.41, 5.74) is 2.71. The van der Waals surface area contributed by atoms with E-state index in [4.69, 9.17) is 20.8 Å². The first-order valence-electron chi connectivity index (χ1n) is 8.93. The van der Waals surface area contributed by atoms with E-state index >= 15 is 0 Å². The van der Waals surface area contributed by atoms with Gasteiger partial charge in [-0.15, -0.1) is 0 Å². The lowest BCUT2D eigenvalue weighted by Gasteiger charge is -2.07. The maximum Gasteiger partial charge on any atom is 0.336 e. The Labute approximate surface area is 171 Å². The molecule has 2 aromatic heterocycles. The molecule has 144 valence electrons. The van der Waals surface area contributed by atoms with Crippen molar-refractivity contribution in [2.24, 2.45) is 0 Å². The van der Waals surface area contributed by atoms with Gasteiger partial charge in [0.1, 0.15) is 12.2 Å². The molecule has 0 aliphatic rings.